The van der Waals surface area contributed by atoms with Crippen molar-refractivity contribution in [1.82, 2.24) is 0 Å². The lowest BCUT2D eigenvalue weighted by atomic mass is 10.1. The molecule has 0 saturated carbocycles. The highest BCUT2D eigenvalue weighted by Gasteiger charge is 2.30. The van der Waals surface area contributed by atoms with Gasteiger partial charge in [-0.2, -0.15) is 0 Å². The molecule has 6 heteroatoms. The van der Waals surface area contributed by atoms with Crippen LogP contribution in [0.5, 0.6) is 0 Å². The molecular weight excluding hydrogens is 348 g/mol. The van der Waals surface area contributed by atoms with Crippen LogP contribution < -0.4 is 0 Å². The van der Waals surface area contributed by atoms with E-state index in [9.17, 15) is 9.59 Å². The van der Waals surface area contributed by atoms with Gasteiger partial charge in [0.2, 0.25) is 11.6 Å². The first-order valence-corrected chi connectivity index (χ1v) is 10.5. The Hall–Kier alpha value is -1.14. The summed E-state index contributed by atoms with van der Waals surface area (Å²) in [6.45, 7) is 12.5. The average Bonchev–Trinajstić information content (AvgIpc) is 2.58. The Morgan fingerprint density at radius 3 is 1.33 bits per heavy atom. The predicted molar refractivity (Wildman–Crippen MR) is 105 cm³/mol. The highest BCUT2D eigenvalue weighted by atomic mass is 16.7. The monoisotopic (exact) mass is 388 g/mol. The van der Waals surface area contributed by atoms with Crippen molar-refractivity contribution in [3.8, 4) is 0 Å². The zero-order chi connectivity index (χ0) is 20.8. The third-order valence-electron chi connectivity index (χ3n) is 4.29. The molecule has 6 nitrogen and oxygen atoms in total. The van der Waals surface area contributed by atoms with Gasteiger partial charge < -0.3 is 18.9 Å². The number of carbonyl (C=O) groups excluding carboxylic acids is 2. The molecule has 27 heavy (non-hydrogen) atoms. The molecule has 0 spiro atoms. The van der Waals surface area contributed by atoms with Gasteiger partial charge in [0.1, 0.15) is 0 Å². The molecule has 0 radical (unpaired) electrons. The van der Waals surface area contributed by atoms with Gasteiger partial charge in [-0.05, 0) is 33.1 Å². The average molecular weight is 389 g/mol. The number of carbonyl (C=O) groups is 2. The molecule has 0 aromatic carbocycles. The van der Waals surface area contributed by atoms with E-state index in [0.717, 1.165) is 25.7 Å². The second kappa shape index (κ2) is 13.9. The number of rotatable bonds is 16. The Bertz CT molecular complexity index is 387. The third kappa shape index (κ3) is 12.0. The Kier molecular flexibility index (Phi) is 13.4. The lowest BCUT2D eigenvalue weighted by molar-refractivity contribution is -0.226. The minimum absolute atomic E-state index is 0.157. The molecule has 0 N–H and O–H groups in total. The molecule has 0 fully saturated rings. The van der Waals surface area contributed by atoms with Gasteiger partial charge in [0.05, 0.1) is 0 Å². The lowest BCUT2D eigenvalue weighted by Gasteiger charge is -2.29. The highest BCUT2D eigenvalue weighted by Crippen LogP contribution is 2.23. The van der Waals surface area contributed by atoms with Crippen molar-refractivity contribution >= 4 is 11.9 Å². The van der Waals surface area contributed by atoms with Crippen LogP contribution in [-0.4, -0.2) is 36.7 Å². The maximum absolute atomic E-state index is 12.1. The molecule has 160 valence electrons. The Morgan fingerprint density at radius 1 is 0.667 bits per heavy atom. The van der Waals surface area contributed by atoms with Crippen LogP contribution in [0.1, 0.15) is 99.3 Å². The summed E-state index contributed by atoms with van der Waals surface area (Å²) >= 11 is 0. The topological polar surface area (TPSA) is 71.1 Å². The van der Waals surface area contributed by atoms with Crippen LogP contribution in [0.4, 0.5) is 0 Å². The maximum Gasteiger partial charge on any atom is 0.308 e. The molecule has 0 bridgehead atoms. The van der Waals surface area contributed by atoms with Gasteiger partial charge in [-0.1, -0.05) is 26.7 Å². The van der Waals surface area contributed by atoms with Crippen molar-refractivity contribution in [2.45, 2.75) is 111 Å². The summed E-state index contributed by atoms with van der Waals surface area (Å²) in [4.78, 5) is 24.3. The van der Waals surface area contributed by atoms with Crippen LogP contribution in [0.15, 0.2) is 0 Å². The quantitative estimate of drug-likeness (QED) is 0.270. The van der Waals surface area contributed by atoms with E-state index in [-0.39, 0.29) is 24.8 Å². The van der Waals surface area contributed by atoms with Gasteiger partial charge in [0, 0.05) is 52.7 Å². The van der Waals surface area contributed by atoms with Gasteiger partial charge in [0.15, 0.2) is 0 Å². The maximum atomic E-state index is 12.1. The Morgan fingerprint density at radius 2 is 1.04 bits per heavy atom. The first-order valence-electron chi connectivity index (χ1n) is 10.5. The molecule has 2 atom stereocenters. The van der Waals surface area contributed by atoms with Crippen LogP contribution >= 0.6 is 0 Å². The molecule has 0 saturated heterocycles. The fraction of sp³-hybridized carbons (Fsp3) is 0.905. The second-order valence-electron chi connectivity index (χ2n) is 7.14. The minimum atomic E-state index is -0.893. The van der Waals surface area contributed by atoms with E-state index >= 15 is 0 Å². The van der Waals surface area contributed by atoms with Crippen molar-refractivity contribution in [2.24, 2.45) is 0 Å². The first-order chi connectivity index (χ1) is 12.7. The predicted octanol–water partition coefficient (Wildman–Crippen LogP) is 5.13. The number of hydrogen-bond acceptors (Lipinski definition) is 6. The van der Waals surface area contributed by atoms with Crippen LogP contribution in [0, 0.1) is 0 Å². The van der Waals surface area contributed by atoms with Gasteiger partial charge in [0.25, 0.3) is 0 Å². The number of esters is 2. The van der Waals surface area contributed by atoms with E-state index in [1.165, 1.54) is 0 Å². The van der Waals surface area contributed by atoms with Crippen LogP contribution in [0.3, 0.4) is 0 Å². The van der Waals surface area contributed by atoms with Gasteiger partial charge >= 0.3 is 11.9 Å². The Labute approximate surface area is 165 Å². The number of hydrogen-bond donors (Lipinski definition) is 0. The second-order valence-corrected chi connectivity index (χ2v) is 7.14. The van der Waals surface area contributed by atoms with E-state index in [1.54, 1.807) is 13.8 Å². The molecule has 2 unspecified atom stereocenters. The molecule has 0 aliphatic rings. The highest BCUT2D eigenvalue weighted by molar-refractivity contribution is 5.72. The first kappa shape index (κ1) is 25.9. The third-order valence-corrected chi connectivity index (χ3v) is 4.29. The van der Waals surface area contributed by atoms with E-state index in [4.69, 9.17) is 18.9 Å². The summed E-state index contributed by atoms with van der Waals surface area (Å²) in [7, 11) is 0. The fourth-order valence-corrected chi connectivity index (χ4v) is 2.87. The van der Waals surface area contributed by atoms with Crippen LogP contribution in [0.2, 0.25) is 0 Å². The molecule has 0 rings (SSSR count). The summed E-state index contributed by atoms with van der Waals surface area (Å²) in [5.74, 6) is -2.49. The van der Waals surface area contributed by atoms with Crippen LogP contribution in [-0.2, 0) is 28.5 Å². The largest absolute Gasteiger partial charge is 0.433 e. The van der Waals surface area contributed by atoms with Gasteiger partial charge in [-0.25, -0.2) is 0 Å². The zero-order valence-electron chi connectivity index (χ0n) is 18.2. The van der Waals surface area contributed by atoms with Crippen molar-refractivity contribution in [1.29, 1.82) is 0 Å². The van der Waals surface area contributed by atoms with Gasteiger partial charge in [-0.15, -0.1) is 0 Å². The summed E-state index contributed by atoms with van der Waals surface area (Å²) in [6, 6.07) is 0. The molecule has 0 aromatic rings. The smallest absolute Gasteiger partial charge is 0.308 e. The van der Waals surface area contributed by atoms with Crippen molar-refractivity contribution in [2.75, 3.05) is 13.2 Å². The van der Waals surface area contributed by atoms with Crippen LogP contribution in [0.25, 0.3) is 0 Å². The molecule has 0 aromatic heterocycles. The minimum Gasteiger partial charge on any atom is -0.433 e. The van der Waals surface area contributed by atoms with Crippen molar-refractivity contribution < 1.29 is 28.5 Å². The zero-order valence-corrected chi connectivity index (χ0v) is 18.2. The fourth-order valence-electron chi connectivity index (χ4n) is 2.87. The van der Waals surface area contributed by atoms with Gasteiger partial charge in [-0.3, -0.25) is 9.59 Å². The van der Waals surface area contributed by atoms with Crippen molar-refractivity contribution in [3.05, 3.63) is 0 Å². The summed E-state index contributed by atoms with van der Waals surface area (Å²) in [5, 5.41) is 0. The normalized spacial score (nSPS) is 15.6. The standard InChI is InChI=1S/C21H40O6/c1-7-11-16-20(5,24-9-3)26-18(22)14-13-15-19(23)27-21(6,25-10-4)17-12-8-2/h7-17H2,1-6H3. The van der Waals surface area contributed by atoms with Crippen molar-refractivity contribution in [3.63, 3.8) is 0 Å². The summed E-state index contributed by atoms with van der Waals surface area (Å²) in [5.41, 5.74) is 0. The lowest BCUT2D eigenvalue weighted by Crippen LogP contribution is -2.35. The molecule has 0 aliphatic carbocycles. The molecule has 0 aliphatic heterocycles. The number of unbranched alkanes of at least 4 members (excludes halogenated alkanes) is 2. The number of ether oxygens (including phenoxy) is 4. The van der Waals surface area contributed by atoms with E-state index < -0.39 is 11.6 Å². The van der Waals surface area contributed by atoms with E-state index in [0.29, 0.717) is 32.5 Å². The Balaban J connectivity index is 4.38. The van der Waals surface area contributed by atoms with E-state index in [2.05, 4.69) is 13.8 Å². The molecule has 0 amide bonds. The summed E-state index contributed by atoms with van der Waals surface area (Å²) in [6.07, 6.45) is 5.86. The molecule has 0 heterocycles. The molecular formula is C21H40O6. The summed E-state index contributed by atoms with van der Waals surface area (Å²) < 4.78 is 22.3. The van der Waals surface area contributed by atoms with E-state index in [1.807, 2.05) is 13.8 Å². The SMILES string of the molecule is CCCCC(C)(OCC)OC(=O)CCCC(=O)OC(C)(CCCC)OCC.